The van der Waals surface area contributed by atoms with E-state index in [0.717, 1.165) is 24.1 Å². The summed E-state index contributed by atoms with van der Waals surface area (Å²) in [6.45, 7) is 3.99. The molecule has 0 radical (unpaired) electrons. The van der Waals surface area contributed by atoms with E-state index in [1.165, 1.54) is 0 Å². The molecule has 2 aromatic rings. The molecule has 3 N–H and O–H groups in total. The van der Waals surface area contributed by atoms with E-state index in [1.54, 1.807) is 0 Å². The lowest BCUT2D eigenvalue weighted by Crippen LogP contribution is -2.31. The van der Waals surface area contributed by atoms with E-state index in [9.17, 15) is 9.59 Å². The minimum absolute atomic E-state index is 0.102. The van der Waals surface area contributed by atoms with Crippen LogP contribution in [0.5, 0.6) is 0 Å². The molecule has 0 aliphatic heterocycles. The van der Waals surface area contributed by atoms with Gasteiger partial charge in [0.25, 0.3) is 5.91 Å². The van der Waals surface area contributed by atoms with E-state index in [1.807, 2.05) is 69.6 Å². The van der Waals surface area contributed by atoms with Gasteiger partial charge in [0.05, 0.1) is 0 Å². The minimum atomic E-state index is -0.214. The maximum atomic E-state index is 12.1. The van der Waals surface area contributed by atoms with Gasteiger partial charge in [-0.2, -0.15) is 0 Å². The number of nitrogens with one attached hydrogen (secondary N) is 3. The number of rotatable bonds is 8. The highest BCUT2D eigenvalue weighted by molar-refractivity contribution is 5.94. The Labute approximate surface area is 161 Å². The van der Waals surface area contributed by atoms with Crippen molar-refractivity contribution >= 4 is 17.6 Å². The topological polar surface area (TPSA) is 73.5 Å². The normalized spacial score (nSPS) is 10.5. The van der Waals surface area contributed by atoms with Gasteiger partial charge >= 0.3 is 6.03 Å². The first kappa shape index (κ1) is 20.5. The fourth-order valence-electron chi connectivity index (χ4n) is 2.47. The molecule has 0 unspecified atom stereocenters. The summed E-state index contributed by atoms with van der Waals surface area (Å²) in [6, 6.07) is 14.7. The van der Waals surface area contributed by atoms with Crippen LogP contribution in [0, 0.1) is 6.92 Å². The van der Waals surface area contributed by atoms with Gasteiger partial charge in [0.2, 0.25) is 0 Å². The molecular weight excluding hydrogens is 340 g/mol. The molecule has 0 saturated heterocycles. The summed E-state index contributed by atoms with van der Waals surface area (Å²) >= 11 is 0. The molecule has 0 aromatic heterocycles. The van der Waals surface area contributed by atoms with E-state index in [0.29, 0.717) is 24.3 Å². The van der Waals surface area contributed by atoms with Gasteiger partial charge in [-0.3, -0.25) is 4.79 Å². The zero-order chi connectivity index (χ0) is 19.6. The van der Waals surface area contributed by atoms with Gasteiger partial charge < -0.3 is 20.9 Å². The molecule has 27 heavy (non-hydrogen) atoms. The van der Waals surface area contributed by atoms with Crippen molar-refractivity contribution in [1.29, 1.82) is 0 Å². The van der Waals surface area contributed by atoms with Crippen LogP contribution in [0.15, 0.2) is 48.5 Å². The van der Waals surface area contributed by atoms with Crippen molar-refractivity contribution in [2.24, 2.45) is 0 Å². The average molecular weight is 368 g/mol. The highest BCUT2D eigenvalue weighted by atomic mass is 16.2. The highest BCUT2D eigenvalue weighted by Gasteiger charge is 2.05. The van der Waals surface area contributed by atoms with Crippen molar-refractivity contribution in [3.05, 3.63) is 65.2 Å². The van der Waals surface area contributed by atoms with Crippen molar-refractivity contribution in [3.8, 4) is 0 Å². The van der Waals surface area contributed by atoms with Gasteiger partial charge in [-0.25, -0.2) is 4.79 Å². The van der Waals surface area contributed by atoms with E-state index >= 15 is 0 Å². The lowest BCUT2D eigenvalue weighted by atomic mass is 10.1. The first-order valence-electron chi connectivity index (χ1n) is 9.07. The monoisotopic (exact) mass is 368 g/mol. The van der Waals surface area contributed by atoms with Crippen LogP contribution in [-0.4, -0.2) is 44.0 Å². The standard InChI is InChI=1S/C21H28N4O2/c1-16-5-9-18(10-6-16)20(26)23-15-17-7-11-19(12-8-17)24-21(27)22-13-4-14-25(2)3/h5-12H,4,13-15H2,1-3H3,(H,23,26)(H2,22,24,27). The van der Waals surface area contributed by atoms with Crippen LogP contribution in [0.3, 0.4) is 0 Å². The van der Waals surface area contributed by atoms with Crippen LogP contribution in [0.25, 0.3) is 0 Å². The molecule has 0 aliphatic carbocycles. The third-order valence-corrected chi connectivity index (χ3v) is 4.05. The molecule has 6 heteroatoms. The van der Waals surface area contributed by atoms with Crippen LogP contribution >= 0.6 is 0 Å². The summed E-state index contributed by atoms with van der Waals surface area (Å²) < 4.78 is 0. The molecule has 2 rings (SSSR count). The van der Waals surface area contributed by atoms with Crippen molar-refractivity contribution in [3.63, 3.8) is 0 Å². The Kier molecular flexibility index (Phi) is 7.82. The number of urea groups is 1. The minimum Gasteiger partial charge on any atom is -0.348 e. The van der Waals surface area contributed by atoms with E-state index in [4.69, 9.17) is 0 Å². The second-order valence-electron chi connectivity index (χ2n) is 6.78. The van der Waals surface area contributed by atoms with Crippen LogP contribution in [0.1, 0.15) is 27.9 Å². The highest BCUT2D eigenvalue weighted by Crippen LogP contribution is 2.10. The van der Waals surface area contributed by atoms with Crippen molar-refractivity contribution in [2.45, 2.75) is 19.9 Å². The number of hydrogen-bond donors (Lipinski definition) is 3. The first-order valence-corrected chi connectivity index (χ1v) is 9.07. The molecular formula is C21H28N4O2. The number of amides is 3. The number of hydrogen-bond acceptors (Lipinski definition) is 3. The fourth-order valence-corrected chi connectivity index (χ4v) is 2.47. The van der Waals surface area contributed by atoms with Crippen molar-refractivity contribution in [2.75, 3.05) is 32.5 Å². The molecule has 6 nitrogen and oxygen atoms in total. The second kappa shape index (κ2) is 10.3. The SMILES string of the molecule is Cc1ccc(C(=O)NCc2ccc(NC(=O)NCCCN(C)C)cc2)cc1. The second-order valence-corrected chi connectivity index (χ2v) is 6.78. The van der Waals surface area contributed by atoms with E-state index in [-0.39, 0.29) is 11.9 Å². The molecule has 3 amide bonds. The quantitative estimate of drug-likeness (QED) is 0.627. The Bertz CT molecular complexity index is 740. The first-order chi connectivity index (χ1) is 12.9. The van der Waals surface area contributed by atoms with Crippen molar-refractivity contribution in [1.82, 2.24) is 15.5 Å². The number of carbonyl (C=O) groups is 2. The summed E-state index contributed by atoms with van der Waals surface area (Å²) in [5.74, 6) is -0.102. The van der Waals surface area contributed by atoms with Crippen LogP contribution in [0.4, 0.5) is 10.5 Å². The zero-order valence-corrected chi connectivity index (χ0v) is 16.2. The Hall–Kier alpha value is -2.86. The van der Waals surface area contributed by atoms with Gasteiger partial charge in [0.1, 0.15) is 0 Å². The average Bonchev–Trinajstić information content (AvgIpc) is 2.65. The predicted molar refractivity (Wildman–Crippen MR) is 109 cm³/mol. The van der Waals surface area contributed by atoms with Gasteiger partial charge in [0.15, 0.2) is 0 Å². The largest absolute Gasteiger partial charge is 0.348 e. The Morgan fingerprint density at radius 3 is 2.22 bits per heavy atom. The van der Waals surface area contributed by atoms with Gasteiger partial charge in [-0.15, -0.1) is 0 Å². The zero-order valence-electron chi connectivity index (χ0n) is 16.2. The summed E-state index contributed by atoms with van der Waals surface area (Å²) in [5.41, 5.74) is 3.45. The number of benzene rings is 2. The molecule has 144 valence electrons. The molecule has 0 atom stereocenters. The van der Waals surface area contributed by atoms with E-state index in [2.05, 4.69) is 20.9 Å². The molecule has 0 fully saturated rings. The molecule has 0 bridgehead atoms. The summed E-state index contributed by atoms with van der Waals surface area (Å²) in [6.07, 6.45) is 0.903. The maximum absolute atomic E-state index is 12.1. The van der Waals surface area contributed by atoms with Crippen LogP contribution in [-0.2, 0) is 6.54 Å². The molecule has 0 saturated carbocycles. The number of anilines is 1. The van der Waals surface area contributed by atoms with Gasteiger partial charge in [0, 0.05) is 24.3 Å². The summed E-state index contributed by atoms with van der Waals surface area (Å²) in [7, 11) is 4.01. The van der Waals surface area contributed by atoms with Crippen molar-refractivity contribution < 1.29 is 9.59 Å². The summed E-state index contributed by atoms with van der Waals surface area (Å²) in [5, 5.41) is 8.53. The molecule has 0 heterocycles. The smallest absolute Gasteiger partial charge is 0.319 e. The lowest BCUT2D eigenvalue weighted by molar-refractivity contribution is 0.0951. The molecule has 2 aromatic carbocycles. The van der Waals surface area contributed by atoms with E-state index < -0.39 is 0 Å². The van der Waals surface area contributed by atoms with Crippen LogP contribution in [0.2, 0.25) is 0 Å². The Balaban J connectivity index is 1.75. The van der Waals surface area contributed by atoms with Gasteiger partial charge in [-0.1, -0.05) is 29.8 Å². The number of carbonyl (C=O) groups excluding carboxylic acids is 2. The van der Waals surface area contributed by atoms with Gasteiger partial charge in [-0.05, 0) is 63.8 Å². The van der Waals surface area contributed by atoms with Crippen LogP contribution < -0.4 is 16.0 Å². The predicted octanol–water partition coefficient (Wildman–Crippen LogP) is 3.00. The fraction of sp³-hybridized carbons (Fsp3) is 0.333. The Morgan fingerprint density at radius 1 is 0.926 bits per heavy atom. The third-order valence-electron chi connectivity index (χ3n) is 4.05. The molecule has 0 spiro atoms. The number of nitrogens with zero attached hydrogens (tertiary/aromatic N) is 1. The Morgan fingerprint density at radius 2 is 1.59 bits per heavy atom. The molecule has 0 aliphatic rings. The lowest BCUT2D eigenvalue weighted by Gasteiger charge is -2.11. The maximum Gasteiger partial charge on any atom is 0.319 e. The number of aryl methyl sites for hydroxylation is 1. The summed E-state index contributed by atoms with van der Waals surface area (Å²) in [4.78, 5) is 26.1. The third kappa shape index (κ3) is 7.50.